The molecule has 2 aromatic rings. The van der Waals surface area contributed by atoms with E-state index >= 15 is 0 Å². The Morgan fingerprint density at radius 1 is 1.21 bits per heavy atom. The Bertz CT molecular complexity index is 849. The third-order valence-corrected chi connectivity index (χ3v) is 5.98. The Labute approximate surface area is 169 Å². The minimum Gasteiger partial charge on any atom is -0.495 e. The minimum atomic E-state index is -0.274. The summed E-state index contributed by atoms with van der Waals surface area (Å²) in [6, 6.07) is 10.1. The number of hydrogen-bond donors (Lipinski definition) is 2. The van der Waals surface area contributed by atoms with Crippen LogP contribution >= 0.6 is 11.3 Å². The molecule has 0 radical (unpaired) electrons. The van der Waals surface area contributed by atoms with Gasteiger partial charge in [-0.15, -0.1) is 11.3 Å². The van der Waals surface area contributed by atoms with Gasteiger partial charge in [-0.2, -0.15) is 0 Å². The maximum Gasteiger partial charge on any atom is 0.243 e. The predicted octanol–water partition coefficient (Wildman–Crippen LogP) is 3.27. The van der Waals surface area contributed by atoms with Crippen molar-refractivity contribution in [2.24, 2.45) is 0 Å². The van der Waals surface area contributed by atoms with E-state index in [0.29, 0.717) is 24.0 Å². The van der Waals surface area contributed by atoms with E-state index in [1.807, 2.05) is 25.1 Å². The number of likely N-dealkylation sites (tertiary alicyclic amines) is 1. The van der Waals surface area contributed by atoms with E-state index in [1.165, 1.54) is 9.75 Å². The van der Waals surface area contributed by atoms with Gasteiger partial charge in [0.25, 0.3) is 0 Å². The first-order valence-electron chi connectivity index (χ1n) is 9.48. The van der Waals surface area contributed by atoms with Crippen LogP contribution in [-0.4, -0.2) is 43.5 Å². The van der Waals surface area contributed by atoms with Crippen molar-refractivity contribution < 1.29 is 14.3 Å². The zero-order valence-electron chi connectivity index (χ0n) is 16.6. The number of benzene rings is 1. The molecule has 1 saturated heterocycles. The predicted molar refractivity (Wildman–Crippen MR) is 112 cm³/mol. The molecular weight excluding hydrogens is 374 g/mol. The molecule has 1 aromatic carbocycles. The molecule has 2 N–H and O–H groups in total. The highest BCUT2D eigenvalue weighted by Gasteiger charge is 2.28. The zero-order chi connectivity index (χ0) is 20.1. The van der Waals surface area contributed by atoms with Crippen molar-refractivity contribution in [1.29, 1.82) is 0 Å². The highest BCUT2D eigenvalue weighted by molar-refractivity contribution is 7.12. The van der Waals surface area contributed by atoms with E-state index in [9.17, 15) is 9.59 Å². The molecule has 0 bridgehead atoms. The van der Waals surface area contributed by atoms with Gasteiger partial charge in [0, 0.05) is 15.8 Å². The molecule has 0 saturated carbocycles. The van der Waals surface area contributed by atoms with E-state index in [1.54, 1.807) is 18.4 Å². The van der Waals surface area contributed by atoms with E-state index in [0.717, 1.165) is 24.9 Å². The number of aryl methyl sites for hydroxylation is 2. The SMILES string of the molecule is COc1ccc(C)cc1NC(=O)CNC(=O)CN1CCCC1c1ccc(C)s1. The van der Waals surface area contributed by atoms with Crippen LogP contribution in [-0.2, 0) is 9.59 Å². The van der Waals surface area contributed by atoms with E-state index < -0.39 is 0 Å². The van der Waals surface area contributed by atoms with Crippen molar-refractivity contribution in [2.75, 3.05) is 32.1 Å². The van der Waals surface area contributed by atoms with Crippen LogP contribution in [0.3, 0.4) is 0 Å². The van der Waals surface area contributed by atoms with E-state index in [4.69, 9.17) is 4.74 Å². The molecule has 7 heteroatoms. The molecular formula is C21H27N3O3S. The summed E-state index contributed by atoms with van der Waals surface area (Å²) in [5, 5.41) is 5.53. The highest BCUT2D eigenvalue weighted by Crippen LogP contribution is 2.35. The summed E-state index contributed by atoms with van der Waals surface area (Å²) in [6.45, 7) is 5.19. The Morgan fingerprint density at radius 3 is 2.75 bits per heavy atom. The lowest BCUT2D eigenvalue weighted by Gasteiger charge is -2.22. The number of nitrogens with zero attached hydrogens (tertiary/aromatic N) is 1. The van der Waals surface area contributed by atoms with Crippen molar-refractivity contribution in [1.82, 2.24) is 10.2 Å². The number of ether oxygens (including phenoxy) is 1. The maximum absolute atomic E-state index is 12.4. The fourth-order valence-corrected chi connectivity index (χ4v) is 4.55. The maximum atomic E-state index is 12.4. The number of thiophene rings is 1. The Hall–Kier alpha value is -2.38. The molecule has 1 aromatic heterocycles. The lowest BCUT2D eigenvalue weighted by atomic mass is 10.2. The van der Waals surface area contributed by atoms with Gasteiger partial charge in [0.15, 0.2) is 0 Å². The Balaban J connectivity index is 1.50. The number of anilines is 1. The number of hydrogen-bond acceptors (Lipinski definition) is 5. The van der Waals surface area contributed by atoms with Gasteiger partial charge in [0.1, 0.15) is 5.75 Å². The Kier molecular flexibility index (Phi) is 6.70. The number of nitrogens with one attached hydrogen (secondary N) is 2. The molecule has 1 unspecified atom stereocenters. The van der Waals surface area contributed by atoms with Crippen molar-refractivity contribution in [3.63, 3.8) is 0 Å². The van der Waals surface area contributed by atoms with Gasteiger partial charge in [-0.05, 0) is 63.1 Å². The van der Waals surface area contributed by atoms with Crippen molar-refractivity contribution in [3.8, 4) is 5.75 Å². The summed E-state index contributed by atoms with van der Waals surface area (Å²) in [4.78, 5) is 29.4. The van der Waals surface area contributed by atoms with E-state index in [2.05, 4.69) is 34.6 Å². The number of carbonyl (C=O) groups excluding carboxylic acids is 2. The van der Waals surface area contributed by atoms with E-state index in [-0.39, 0.29) is 18.4 Å². The summed E-state index contributed by atoms with van der Waals surface area (Å²) >= 11 is 1.79. The van der Waals surface area contributed by atoms with Crippen molar-refractivity contribution in [3.05, 3.63) is 45.6 Å². The molecule has 150 valence electrons. The number of carbonyl (C=O) groups is 2. The van der Waals surface area contributed by atoms with Gasteiger partial charge in [0.05, 0.1) is 25.9 Å². The van der Waals surface area contributed by atoms with Crippen molar-refractivity contribution >= 4 is 28.8 Å². The van der Waals surface area contributed by atoms with Gasteiger partial charge >= 0.3 is 0 Å². The average molecular weight is 402 g/mol. The lowest BCUT2D eigenvalue weighted by molar-refractivity contribution is -0.125. The third kappa shape index (κ3) is 5.11. The van der Waals surface area contributed by atoms with Gasteiger partial charge in [0.2, 0.25) is 11.8 Å². The summed E-state index contributed by atoms with van der Waals surface area (Å²) < 4.78 is 5.26. The smallest absolute Gasteiger partial charge is 0.243 e. The van der Waals surface area contributed by atoms with Crippen molar-refractivity contribution in [2.45, 2.75) is 32.7 Å². The van der Waals surface area contributed by atoms with Gasteiger partial charge < -0.3 is 15.4 Å². The van der Waals surface area contributed by atoms with Gasteiger partial charge in [-0.3, -0.25) is 14.5 Å². The summed E-state index contributed by atoms with van der Waals surface area (Å²) in [5.41, 5.74) is 1.62. The van der Waals surface area contributed by atoms with Crippen LogP contribution in [0.1, 0.15) is 34.2 Å². The fraction of sp³-hybridized carbons (Fsp3) is 0.429. The summed E-state index contributed by atoms with van der Waals surface area (Å²) in [5.74, 6) is 0.187. The highest BCUT2D eigenvalue weighted by atomic mass is 32.1. The first-order chi connectivity index (χ1) is 13.5. The molecule has 1 aliphatic rings. The average Bonchev–Trinajstić information content (AvgIpc) is 3.29. The zero-order valence-corrected chi connectivity index (χ0v) is 17.4. The van der Waals surface area contributed by atoms with Crippen LogP contribution < -0.4 is 15.4 Å². The second-order valence-corrected chi connectivity index (χ2v) is 8.43. The van der Waals surface area contributed by atoms with Crippen LogP contribution in [0.15, 0.2) is 30.3 Å². The molecule has 1 atom stereocenters. The molecule has 1 aliphatic heterocycles. The van der Waals surface area contributed by atoms with Gasteiger partial charge in [-0.1, -0.05) is 6.07 Å². The monoisotopic (exact) mass is 401 g/mol. The number of amides is 2. The molecule has 6 nitrogen and oxygen atoms in total. The Morgan fingerprint density at radius 2 is 2.04 bits per heavy atom. The largest absolute Gasteiger partial charge is 0.495 e. The van der Waals surface area contributed by atoms with Crippen LogP contribution in [0.4, 0.5) is 5.69 Å². The first kappa shape index (κ1) is 20.4. The molecule has 1 fully saturated rings. The van der Waals surface area contributed by atoms with Crippen LogP contribution in [0, 0.1) is 13.8 Å². The fourth-order valence-electron chi connectivity index (χ4n) is 3.50. The van der Waals surface area contributed by atoms with Crippen LogP contribution in [0.2, 0.25) is 0 Å². The molecule has 2 amide bonds. The summed E-state index contributed by atoms with van der Waals surface area (Å²) in [7, 11) is 1.56. The quantitative estimate of drug-likeness (QED) is 0.747. The van der Waals surface area contributed by atoms with Crippen LogP contribution in [0.25, 0.3) is 0 Å². The summed E-state index contributed by atoms with van der Waals surface area (Å²) in [6.07, 6.45) is 2.16. The number of rotatable bonds is 7. The molecule has 2 heterocycles. The van der Waals surface area contributed by atoms with Crippen LogP contribution in [0.5, 0.6) is 5.75 Å². The molecule has 0 spiro atoms. The second-order valence-electron chi connectivity index (χ2n) is 7.11. The molecule has 3 rings (SSSR count). The standard InChI is InChI=1S/C21H27N3O3S/c1-14-6-8-18(27-3)16(11-14)23-20(25)12-22-21(26)13-24-10-4-5-17(24)19-9-7-15(2)28-19/h6-9,11,17H,4-5,10,12-13H2,1-3H3,(H,22,26)(H,23,25). The topological polar surface area (TPSA) is 70.7 Å². The first-order valence-corrected chi connectivity index (χ1v) is 10.3. The lowest BCUT2D eigenvalue weighted by Crippen LogP contribution is -2.40. The van der Waals surface area contributed by atoms with Gasteiger partial charge in [-0.25, -0.2) is 0 Å². The number of methoxy groups -OCH3 is 1. The minimum absolute atomic E-state index is 0.0630. The normalized spacial score (nSPS) is 16.8. The molecule has 0 aliphatic carbocycles. The molecule has 28 heavy (non-hydrogen) atoms. The second kappa shape index (κ2) is 9.21. The third-order valence-electron chi connectivity index (χ3n) is 4.88.